The highest BCUT2D eigenvalue weighted by Gasteiger charge is 2.76. The van der Waals surface area contributed by atoms with E-state index in [1.54, 1.807) is 0 Å². The lowest BCUT2D eigenvalue weighted by Gasteiger charge is -2.29. The largest absolute Gasteiger partial charge is 0.495 e. The van der Waals surface area contributed by atoms with Crippen LogP contribution in [0.15, 0.2) is 18.2 Å². The summed E-state index contributed by atoms with van der Waals surface area (Å²) in [6.45, 7) is 0. The maximum Gasteiger partial charge on any atom is 0.460 e. The minimum atomic E-state index is -6.81. The van der Waals surface area contributed by atoms with Gasteiger partial charge in [0.15, 0.2) is 0 Å². The molecular weight excluding hydrogens is 464 g/mol. The number of carbonyl (C=O) groups is 2. The molecule has 0 radical (unpaired) electrons. The quantitative estimate of drug-likeness (QED) is 0.487. The van der Waals surface area contributed by atoms with Crippen LogP contribution in [0.3, 0.4) is 0 Å². The molecule has 1 aromatic carbocycles. The van der Waals surface area contributed by atoms with Gasteiger partial charge in [0.25, 0.3) is 5.60 Å². The summed E-state index contributed by atoms with van der Waals surface area (Å²) in [6.07, 6.45) is -12.5. The van der Waals surface area contributed by atoms with Crippen molar-refractivity contribution < 1.29 is 68.1 Å². The molecule has 0 fully saturated rings. The lowest BCUT2D eigenvalue weighted by Crippen LogP contribution is -2.57. The summed E-state index contributed by atoms with van der Waals surface area (Å²) < 4.78 is 137. The molecular formula is C15H11F10NO5. The van der Waals surface area contributed by atoms with Gasteiger partial charge in [-0.05, 0) is 12.1 Å². The van der Waals surface area contributed by atoms with Crippen LogP contribution in [0.4, 0.5) is 49.6 Å². The maximum atomic E-state index is 13.4. The Morgan fingerprint density at radius 1 is 0.903 bits per heavy atom. The molecule has 0 aromatic heterocycles. The van der Waals surface area contributed by atoms with E-state index in [1.807, 2.05) is 0 Å². The Bertz CT molecular complexity index is 852. The molecule has 0 spiro atoms. The molecule has 6 nitrogen and oxygen atoms in total. The number of methoxy groups -OCH3 is 2. The number of anilines is 1. The first-order chi connectivity index (χ1) is 13.8. The van der Waals surface area contributed by atoms with Gasteiger partial charge in [0.2, 0.25) is 0 Å². The molecule has 0 aliphatic carbocycles. The number of esters is 1. The molecule has 0 aliphatic heterocycles. The van der Waals surface area contributed by atoms with Crippen molar-refractivity contribution in [2.75, 3.05) is 19.5 Å². The third kappa shape index (κ3) is 4.33. The number of hydrogen-bond donors (Lipinski definition) is 2. The first kappa shape index (κ1) is 26.3. The molecule has 176 valence electrons. The van der Waals surface area contributed by atoms with Crippen molar-refractivity contribution in [3.05, 3.63) is 23.8 Å². The number of nitrogens with one attached hydrogen (secondary N) is 1. The third-order valence-corrected chi connectivity index (χ3v) is 3.79. The average Bonchev–Trinajstić information content (AvgIpc) is 2.64. The number of aliphatic hydroxyl groups is 1. The maximum absolute atomic E-state index is 13.4. The van der Waals surface area contributed by atoms with Crippen molar-refractivity contribution >= 4 is 17.6 Å². The number of rotatable bonds is 6. The van der Waals surface area contributed by atoms with Gasteiger partial charge in [-0.15, -0.1) is 0 Å². The minimum absolute atomic E-state index is 0.195. The number of benzene rings is 1. The number of carbonyl (C=O) groups excluding carboxylic acids is 2. The molecule has 1 aromatic rings. The van der Waals surface area contributed by atoms with Crippen LogP contribution in [0.25, 0.3) is 0 Å². The Morgan fingerprint density at radius 3 is 1.81 bits per heavy atom. The van der Waals surface area contributed by atoms with Gasteiger partial charge in [0.1, 0.15) is 5.75 Å². The van der Waals surface area contributed by atoms with Crippen LogP contribution in [0.5, 0.6) is 5.75 Å². The van der Waals surface area contributed by atoms with Gasteiger partial charge in [-0.1, -0.05) is 6.07 Å². The number of hydrogen-bond acceptors (Lipinski definition) is 5. The highest BCUT2D eigenvalue weighted by atomic mass is 19.4. The minimum Gasteiger partial charge on any atom is -0.495 e. The van der Waals surface area contributed by atoms with Gasteiger partial charge in [0, 0.05) is 5.56 Å². The summed E-state index contributed by atoms with van der Waals surface area (Å²) in [5.41, 5.74) is -6.69. The van der Waals surface area contributed by atoms with E-state index in [2.05, 4.69) is 9.47 Å². The van der Waals surface area contributed by atoms with Crippen LogP contribution in [0.1, 0.15) is 5.56 Å². The fourth-order valence-corrected chi connectivity index (χ4v) is 2.09. The molecule has 1 rings (SSSR count). The lowest BCUT2D eigenvalue weighted by atomic mass is 9.92. The van der Waals surface area contributed by atoms with Crippen molar-refractivity contribution in [3.63, 3.8) is 0 Å². The van der Waals surface area contributed by atoms with Crippen molar-refractivity contribution in [1.82, 2.24) is 0 Å². The van der Waals surface area contributed by atoms with Crippen LogP contribution in [-0.4, -0.2) is 55.4 Å². The second-order valence-electron chi connectivity index (χ2n) is 5.72. The molecule has 0 heterocycles. The topological polar surface area (TPSA) is 84.9 Å². The molecule has 0 bridgehead atoms. The molecule has 31 heavy (non-hydrogen) atoms. The van der Waals surface area contributed by atoms with E-state index in [-0.39, 0.29) is 18.2 Å². The smallest absolute Gasteiger partial charge is 0.460 e. The normalized spacial score (nSPS) is 15.1. The molecule has 0 saturated heterocycles. The molecule has 2 N–H and O–H groups in total. The van der Waals surface area contributed by atoms with Gasteiger partial charge in [-0.2, -0.15) is 43.9 Å². The van der Waals surface area contributed by atoms with E-state index in [1.165, 1.54) is 0 Å². The van der Waals surface area contributed by atoms with Crippen molar-refractivity contribution in [2.45, 2.75) is 29.8 Å². The Balaban J connectivity index is 3.44. The van der Waals surface area contributed by atoms with E-state index in [9.17, 15) is 58.6 Å². The summed E-state index contributed by atoms with van der Waals surface area (Å²) in [5.74, 6) is -19.5. The second-order valence-corrected chi connectivity index (χ2v) is 5.72. The summed E-state index contributed by atoms with van der Waals surface area (Å²) in [4.78, 5) is 22.9. The van der Waals surface area contributed by atoms with E-state index < -0.39 is 58.7 Å². The monoisotopic (exact) mass is 475 g/mol. The van der Waals surface area contributed by atoms with Crippen LogP contribution < -0.4 is 10.1 Å². The first-order valence-corrected chi connectivity index (χ1v) is 7.48. The van der Waals surface area contributed by atoms with E-state index >= 15 is 0 Å². The highest BCUT2D eigenvalue weighted by Crippen LogP contribution is 2.47. The van der Waals surface area contributed by atoms with Crippen molar-refractivity contribution in [3.8, 4) is 5.75 Å². The standard InChI is InChI=1S/C15H11F10NO5/c1-30-8-5-6(11(29,10(28)31-2)14(20,21)22)3-4-7(8)26-9(27)12(16,17)13(18,19)15(23,24)25/h3-5,29H,1-2H3,(H,26,27)/t11-/m1/s1. The van der Waals surface area contributed by atoms with Gasteiger partial charge in [-0.25, -0.2) is 4.79 Å². The highest BCUT2D eigenvalue weighted by molar-refractivity contribution is 5.98. The fourth-order valence-electron chi connectivity index (χ4n) is 2.09. The summed E-state index contributed by atoms with van der Waals surface area (Å²) in [6, 6.07) is 0.718. The van der Waals surface area contributed by atoms with Crippen molar-refractivity contribution in [1.29, 1.82) is 0 Å². The van der Waals surface area contributed by atoms with Gasteiger partial charge >= 0.3 is 36.1 Å². The summed E-state index contributed by atoms with van der Waals surface area (Å²) in [7, 11) is 1.18. The van der Waals surface area contributed by atoms with Crippen molar-refractivity contribution in [2.24, 2.45) is 0 Å². The zero-order valence-corrected chi connectivity index (χ0v) is 15.1. The van der Waals surface area contributed by atoms with E-state index in [0.29, 0.717) is 14.2 Å². The van der Waals surface area contributed by atoms with Crippen LogP contribution >= 0.6 is 0 Å². The number of halogens is 10. The average molecular weight is 475 g/mol. The molecule has 1 amide bonds. The van der Waals surface area contributed by atoms with Gasteiger partial charge in [-0.3, -0.25) is 4.79 Å². The third-order valence-electron chi connectivity index (χ3n) is 3.79. The Labute approximate surface area is 165 Å². The second kappa shape index (κ2) is 8.05. The molecule has 0 saturated carbocycles. The van der Waals surface area contributed by atoms with Crippen LogP contribution in [-0.2, 0) is 19.9 Å². The fraction of sp³-hybridized carbons (Fsp3) is 0.467. The zero-order valence-electron chi connectivity index (χ0n) is 15.1. The molecule has 0 aliphatic rings. The Kier molecular flexibility index (Phi) is 6.82. The lowest BCUT2D eigenvalue weighted by molar-refractivity contribution is -0.343. The molecule has 0 unspecified atom stereocenters. The Hall–Kier alpha value is -2.78. The van der Waals surface area contributed by atoms with E-state index in [4.69, 9.17) is 0 Å². The predicted molar refractivity (Wildman–Crippen MR) is 79.5 cm³/mol. The van der Waals surface area contributed by atoms with Crippen LogP contribution in [0.2, 0.25) is 0 Å². The predicted octanol–water partition coefficient (Wildman–Crippen LogP) is 3.39. The van der Waals surface area contributed by atoms with E-state index in [0.717, 1.165) is 5.32 Å². The van der Waals surface area contributed by atoms with Crippen LogP contribution in [0, 0.1) is 0 Å². The summed E-state index contributed by atoms with van der Waals surface area (Å²) >= 11 is 0. The number of ether oxygens (including phenoxy) is 2. The Morgan fingerprint density at radius 2 is 1.42 bits per heavy atom. The van der Waals surface area contributed by atoms with Gasteiger partial charge < -0.3 is 19.9 Å². The molecule has 1 atom stereocenters. The zero-order chi connectivity index (χ0) is 24.6. The first-order valence-electron chi connectivity index (χ1n) is 7.48. The van der Waals surface area contributed by atoms with Gasteiger partial charge in [0.05, 0.1) is 19.9 Å². The number of alkyl halides is 10. The molecule has 16 heteroatoms. The SMILES string of the molecule is COC(=O)[C@](O)(c1ccc(NC(=O)C(F)(F)C(F)(F)C(F)(F)F)c(OC)c1)C(F)(F)F. The number of amides is 1. The summed E-state index contributed by atoms with van der Waals surface area (Å²) in [5, 5.41) is 10.8.